The zero-order chi connectivity index (χ0) is 14.5. The molecule has 1 amide bonds. The molecule has 0 atom stereocenters. The summed E-state index contributed by atoms with van der Waals surface area (Å²) < 4.78 is 10.4. The lowest BCUT2D eigenvalue weighted by molar-refractivity contribution is 0.0298. The molecule has 110 valence electrons. The van der Waals surface area contributed by atoms with E-state index in [9.17, 15) is 4.79 Å². The monoisotopic (exact) mass is 288 g/mol. The van der Waals surface area contributed by atoms with Crippen molar-refractivity contribution in [2.24, 2.45) is 0 Å². The van der Waals surface area contributed by atoms with Crippen molar-refractivity contribution in [3.63, 3.8) is 0 Å². The van der Waals surface area contributed by atoms with Crippen LogP contribution in [0.5, 0.6) is 0 Å². The molecule has 0 bridgehead atoms. The smallest absolute Gasteiger partial charge is 0.274 e. The Bertz CT molecular complexity index is 577. The van der Waals surface area contributed by atoms with Gasteiger partial charge in [0.15, 0.2) is 5.69 Å². The molecule has 7 nitrogen and oxygen atoms in total. The summed E-state index contributed by atoms with van der Waals surface area (Å²) >= 11 is 0. The van der Waals surface area contributed by atoms with Gasteiger partial charge in [-0.3, -0.25) is 4.79 Å². The number of anilines is 1. The van der Waals surface area contributed by atoms with E-state index in [1.807, 2.05) is 12.1 Å². The molecule has 0 spiro atoms. The average Bonchev–Trinajstić information content (AvgIpc) is 3.07. The zero-order valence-electron chi connectivity index (χ0n) is 11.5. The van der Waals surface area contributed by atoms with Gasteiger partial charge >= 0.3 is 0 Å². The first-order valence-electron chi connectivity index (χ1n) is 6.80. The minimum Gasteiger partial charge on any atom is -0.467 e. The number of morpholine rings is 1. The largest absolute Gasteiger partial charge is 0.467 e. The summed E-state index contributed by atoms with van der Waals surface area (Å²) in [6.45, 7) is 2.86. The first-order chi connectivity index (χ1) is 10.3. The van der Waals surface area contributed by atoms with E-state index >= 15 is 0 Å². The molecule has 0 aliphatic carbocycles. The molecule has 3 rings (SSSR count). The summed E-state index contributed by atoms with van der Waals surface area (Å²) in [5.74, 6) is 1.30. The number of hydrogen-bond acceptors (Lipinski definition) is 6. The molecule has 2 aromatic rings. The SMILES string of the molecule is O=C(c1ccc(NCc2ccco2)nn1)N1CCOCC1. The van der Waals surface area contributed by atoms with Crippen LogP contribution in [-0.2, 0) is 11.3 Å². The van der Waals surface area contributed by atoms with Crippen LogP contribution in [0, 0.1) is 0 Å². The van der Waals surface area contributed by atoms with E-state index in [2.05, 4.69) is 15.5 Å². The van der Waals surface area contributed by atoms with Crippen molar-refractivity contribution >= 4 is 11.7 Å². The summed E-state index contributed by atoms with van der Waals surface area (Å²) in [6.07, 6.45) is 1.62. The number of nitrogens with one attached hydrogen (secondary N) is 1. The second kappa shape index (κ2) is 6.36. The number of hydrogen-bond donors (Lipinski definition) is 1. The summed E-state index contributed by atoms with van der Waals surface area (Å²) in [5, 5.41) is 11.1. The molecule has 1 N–H and O–H groups in total. The molecule has 1 aliphatic heterocycles. The highest BCUT2D eigenvalue weighted by Gasteiger charge is 2.19. The van der Waals surface area contributed by atoms with Crippen LogP contribution in [0.2, 0.25) is 0 Å². The van der Waals surface area contributed by atoms with Gasteiger partial charge in [0.25, 0.3) is 5.91 Å². The van der Waals surface area contributed by atoms with Gasteiger partial charge in [0, 0.05) is 13.1 Å². The van der Waals surface area contributed by atoms with E-state index in [0.717, 1.165) is 5.76 Å². The molecular formula is C14H16N4O3. The van der Waals surface area contributed by atoms with E-state index in [1.165, 1.54) is 0 Å². The third kappa shape index (κ3) is 3.38. The minimum atomic E-state index is -0.108. The fourth-order valence-electron chi connectivity index (χ4n) is 2.06. The summed E-state index contributed by atoms with van der Waals surface area (Å²) in [7, 11) is 0. The van der Waals surface area contributed by atoms with Crippen LogP contribution in [0.3, 0.4) is 0 Å². The van der Waals surface area contributed by atoms with Crippen molar-refractivity contribution in [1.29, 1.82) is 0 Å². The second-order valence-corrected chi connectivity index (χ2v) is 4.64. The zero-order valence-corrected chi connectivity index (χ0v) is 11.5. The van der Waals surface area contributed by atoms with E-state index in [1.54, 1.807) is 23.3 Å². The molecule has 1 aliphatic rings. The normalized spacial score (nSPS) is 15.0. The summed E-state index contributed by atoms with van der Waals surface area (Å²) in [6, 6.07) is 7.11. The molecule has 0 radical (unpaired) electrons. The van der Waals surface area contributed by atoms with E-state index in [0.29, 0.717) is 44.4 Å². The fraction of sp³-hybridized carbons (Fsp3) is 0.357. The van der Waals surface area contributed by atoms with Gasteiger partial charge in [-0.1, -0.05) is 0 Å². The van der Waals surface area contributed by atoms with Crippen LogP contribution in [0.25, 0.3) is 0 Å². The van der Waals surface area contributed by atoms with Crippen LogP contribution in [0.1, 0.15) is 16.2 Å². The molecule has 0 unspecified atom stereocenters. The third-order valence-corrected chi connectivity index (χ3v) is 3.21. The predicted octanol–water partition coefficient (Wildman–Crippen LogP) is 1.15. The molecule has 2 aromatic heterocycles. The Hall–Kier alpha value is -2.41. The Kier molecular flexibility index (Phi) is 4.11. The van der Waals surface area contributed by atoms with E-state index in [4.69, 9.17) is 9.15 Å². The molecule has 1 fully saturated rings. The van der Waals surface area contributed by atoms with Gasteiger partial charge in [-0.05, 0) is 24.3 Å². The number of rotatable bonds is 4. The van der Waals surface area contributed by atoms with Gasteiger partial charge in [-0.2, -0.15) is 0 Å². The maximum absolute atomic E-state index is 12.2. The third-order valence-electron chi connectivity index (χ3n) is 3.21. The van der Waals surface area contributed by atoms with Crippen molar-refractivity contribution in [2.45, 2.75) is 6.54 Å². The first kappa shape index (κ1) is 13.6. The first-order valence-corrected chi connectivity index (χ1v) is 6.80. The highest BCUT2D eigenvalue weighted by atomic mass is 16.5. The molecule has 1 saturated heterocycles. The van der Waals surface area contributed by atoms with Gasteiger partial charge in [0.2, 0.25) is 0 Å². The van der Waals surface area contributed by atoms with Crippen molar-refractivity contribution in [2.75, 3.05) is 31.6 Å². The van der Waals surface area contributed by atoms with Crippen LogP contribution >= 0.6 is 0 Å². The maximum atomic E-state index is 12.2. The highest BCUT2D eigenvalue weighted by Crippen LogP contribution is 2.09. The minimum absolute atomic E-state index is 0.108. The quantitative estimate of drug-likeness (QED) is 0.909. The molecule has 0 saturated carbocycles. The molecule has 21 heavy (non-hydrogen) atoms. The molecular weight excluding hydrogens is 272 g/mol. The number of aromatic nitrogens is 2. The standard InChI is InChI=1S/C14H16N4O3/c19-14(18-5-8-20-9-6-18)12-3-4-13(17-16-12)15-10-11-2-1-7-21-11/h1-4,7H,5-6,8-10H2,(H,15,17). The number of carbonyl (C=O) groups is 1. The number of furan rings is 1. The molecule has 7 heteroatoms. The average molecular weight is 288 g/mol. The highest BCUT2D eigenvalue weighted by molar-refractivity contribution is 5.92. The van der Waals surface area contributed by atoms with Crippen molar-refractivity contribution < 1.29 is 13.9 Å². The van der Waals surface area contributed by atoms with Gasteiger partial charge in [0.05, 0.1) is 26.0 Å². The van der Waals surface area contributed by atoms with Crippen LogP contribution < -0.4 is 5.32 Å². The van der Waals surface area contributed by atoms with Crippen LogP contribution in [-0.4, -0.2) is 47.3 Å². The van der Waals surface area contributed by atoms with E-state index in [-0.39, 0.29) is 5.91 Å². The van der Waals surface area contributed by atoms with E-state index < -0.39 is 0 Å². The lowest BCUT2D eigenvalue weighted by atomic mass is 10.3. The molecule has 3 heterocycles. The van der Waals surface area contributed by atoms with Gasteiger partial charge < -0.3 is 19.4 Å². The van der Waals surface area contributed by atoms with Gasteiger partial charge in [-0.25, -0.2) is 0 Å². The molecule has 0 aromatic carbocycles. The van der Waals surface area contributed by atoms with Gasteiger partial charge in [0.1, 0.15) is 11.6 Å². The topological polar surface area (TPSA) is 80.5 Å². The van der Waals surface area contributed by atoms with Crippen molar-refractivity contribution in [1.82, 2.24) is 15.1 Å². The summed E-state index contributed by atoms with van der Waals surface area (Å²) in [4.78, 5) is 13.9. The number of amides is 1. The van der Waals surface area contributed by atoms with Crippen LogP contribution in [0.15, 0.2) is 34.9 Å². The lowest BCUT2D eigenvalue weighted by Gasteiger charge is -2.26. The fourth-order valence-corrected chi connectivity index (χ4v) is 2.06. The maximum Gasteiger partial charge on any atom is 0.274 e. The number of nitrogens with zero attached hydrogens (tertiary/aromatic N) is 3. The Balaban J connectivity index is 1.59. The Morgan fingerprint density at radius 2 is 2.10 bits per heavy atom. The predicted molar refractivity (Wildman–Crippen MR) is 74.8 cm³/mol. The summed E-state index contributed by atoms with van der Waals surface area (Å²) in [5.41, 5.74) is 0.348. The Labute approximate surface area is 121 Å². The van der Waals surface area contributed by atoms with Crippen molar-refractivity contribution in [3.05, 3.63) is 42.0 Å². The number of carbonyl (C=O) groups excluding carboxylic acids is 1. The van der Waals surface area contributed by atoms with Crippen molar-refractivity contribution in [3.8, 4) is 0 Å². The Morgan fingerprint density at radius 1 is 1.24 bits per heavy atom. The van der Waals surface area contributed by atoms with Gasteiger partial charge in [-0.15, -0.1) is 10.2 Å². The number of ether oxygens (including phenoxy) is 1. The lowest BCUT2D eigenvalue weighted by Crippen LogP contribution is -2.41. The van der Waals surface area contributed by atoms with Crippen LogP contribution in [0.4, 0.5) is 5.82 Å². The Morgan fingerprint density at radius 3 is 2.76 bits per heavy atom. The second-order valence-electron chi connectivity index (χ2n) is 4.64.